The number of carbonyl (C=O) groups excluding carboxylic acids is 1. The first-order valence-electron chi connectivity index (χ1n) is 7.92. The Bertz CT molecular complexity index is 641. The molecule has 2 heterocycles. The number of rotatable bonds is 7. The highest BCUT2D eigenvalue weighted by atomic mass is 32.1. The molecule has 0 saturated heterocycles. The second-order valence-corrected chi connectivity index (χ2v) is 6.80. The molecule has 4 nitrogen and oxygen atoms in total. The Morgan fingerprint density at radius 2 is 2.14 bits per heavy atom. The van der Waals surface area contributed by atoms with Crippen molar-refractivity contribution in [1.82, 2.24) is 9.55 Å². The van der Waals surface area contributed by atoms with E-state index in [0.29, 0.717) is 11.6 Å². The fraction of sp³-hybridized carbons (Fsp3) is 0.529. The Morgan fingerprint density at radius 3 is 2.64 bits per heavy atom. The first-order chi connectivity index (χ1) is 10.5. The summed E-state index contributed by atoms with van der Waals surface area (Å²) in [7, 11) is 0. The van der Waals surface area contributed by atoms with E-state index in [4.69, 9.17) is 5.73 Å². The number of thiazole rings is 1. The van der Waals surface area contributed by atoms with E-state index in [1.54, 1.807) is 17.5 Å². The Balaban J connectivity index is 2.65. The van der Waals surface area contributed by atoms with Crippen molar-refractivity contribution in [2.75, 3.05) is 0 Å². The lowest BCUT2D eigenvalue weighted by Gasteiger charge is -2.16. The first kappa shape index (κ1) is 16.7. The maximum Gasteiger partial charge on any atom is 0.251 e. The highest BCUT2D eigenvalue weighted by Gasteiger charge is 2.26. The molecule has 0 fully saturated rings. The van der Waals surface area contributed by atoms with Crippen LogP contribution in [0.4, 0.5) is 0 Å². The molecule has 0 saturated carbocycles. The van der Waals surface area contributed by atoms with Crippen LogP contribution in [0.3, 0.4) is 0 Å². The van der Waals surface area contributed by atoms with Crippen LogP contribution in [0.1, 0.15) is 67.8 Å². The van der Waals surface area contributed by atoms with Gasteiger partial charge in [0, 0.05) is 34.6 Å². The van der Waals surface area contributed by atoms with Gasteiger partial charge >= 0.3 is 0 Å². The quantitative estimate of drug-likeness (QED) is 0.772. The minimum atomic E-state index is -0.362. The third kappa shape index (κ3) is 3.09. The molecule has 1 amide bonds. The zero-order chi connectivity index (χ0) is 16.3. The summed E-state index contributed by atoms with van der Waals surface area (Å²) in [4.78, 5) is 16.5. The molecule has 2 aromatic rings. The van der Waals surface area contributed by atoms with Gasteiger partial charge in [0.1, 0.15) is 5.01 Å². The molecule has 0 aliphatic rings. The van der Waals surface area contributed by atoms with Crippen molar-refractivity contribution in [3.63, 3.8) is 0 Å². The third-order valence-electron chi connectivity index (χ3n) is 3.98. The lowest BCUT2D eigenvalue weighted by Crippen LogP contribution is -2.14. The Morgan fingerprint density at radius 1 is 1.41 bits per heavy atom. The average Bonchev–Trinajstić information content (AvgIpc) is 3.04. The lowest BCUT2D eigenvalue weighted by atomic mass is 10.0. The van der Waals surface area contributed by atoms with Crippen LogP contribution in [0.5, 0.6) is 0 Å². The van der Waals surface area contributed by atoms with Gasteiger partial charge in [0.25, 0.3) is 5.91 Å². The maximum atomic E-state index is 12.0. The van der Waals surface area contributed by atoms with Crippen LogP contribution in [0.25, 0.3) is 10.6 Å². The summed E-state index contributed by atoms with van der Waals surface area (Å²) in [5, 5.41) is 2.83. The van der Waals surface area contributed by atoms with E-state index in [1.807, 2.05) is 12.3 Å². The van der Waals surface area contributed by atoms with E-state index < -0.39 is 0 Å². The number of hydrogen-bond acceptors (Lipinski definition) is 3. The van der Waals surface area contributed by atoms with E-state index in [1.165, 1.54) is 18.5 Å². The molecule has 0 radical (unpaired) electrons. The molecular formula is C17H25N3OS. The Kier molecular flexibility index (Phi) is 5.40. The zero-order valence-corrected chi connectivity index (χ0v) is 14.7. The van der Waals surface area contributed by atoms with Crippen LogP contribution in [-0.4, -0.2) is 15.5 Å². The minimum Gasteiger partial charge on any atom is -0.366 e. The molecule has 2 aromatic heterocycles. The van der Waals surface area contributed by atoms with Gasteiger partial charge < -0.3 is 10.3 Å². The van der Waals surface area contributed by atoms with Gasteiger partial charge in [0.2, 0.25) is 0 Å². The van der Waals surface area contributed by atoms with E-state index >= 15 is 0 Å². The van der Waals surface area contributed by atoms with Crippen molar-refractivity contribution in [1.29, 1.82) is 0 Å². The summed E-state index contributed by atoms with van der Waals surface area (Å²) in [6.07, 6.45) is 6.21. The zero-order valence-electron chi connectivity index (χ0n) is 13.8. The number of nitrogens with two attached hydrogens (primary N) is 1. The fourth-order valence-corrected chi connectivity index (χ4v) is 3.84. The second kappa shape index (κ2) is 7.09. The van der Waals surface area contributed by atoms with Gasteiger partial charge in [-0.15, -0.1) is 11.3 Å². The summed E-state index contributed by atoms with van der Waals surface area (Å²) in [5.74, 6) is -0.362. The highest BCUT2D eigenvalue weighted by Crippen LogP contribution is 2.36. The molecule has 22 heavy (non-hydrogen) atoms. The van der Waals surface area contributed by atoms with Crippen LogP contribution >= 0.6 is 11.3 Å². The van der Waals surface area contributed by atoms with Crippen molar-refractivity contribution in [2.24, 2.45) is 5.73 Å². The van der Waals surface area contributed by atoms with Crippen molar-refractivity contribution in [2.45, 2.75) is 59.4 Å². The lowest BCUT2D eigenvalue weighted by molar-refractivity contribution is 0.1000. The van der Waals surface area contributed by atoms with Crippen molar-refractivity contribution < 1.29 is 4.79 Å². The molecule has 0 aromatic carbocycles. The topological polar surface area (TPSA) is 60.9 Å². The van der Waals surface area contributed by atoms with Crippen molar-refractivity contribution >= 4 is 17.2 Å². The first-order valence-corrected chi connectivity index (χ1v) is 8.80. The van der Waals surface area contributed by atoms with Gasteiger partial charge in [-0.2, -0.15) is 0 Å². The number of aromatic nitrogens is 2. The predicted molar refractivity (Wildman–Crippen MR) is 92.4 cm³/mol. The van der Waals surface area contributed by atoms with E-state index in [9.17, 15) is 4.79 Å². The minimum absolute atomic E-state index is 0.295. The monoisotopic (exact) mass is 319 g/mol. The van der Waals surface area contributed by atoms with Crippen LogP contribution < -0.4 is 5.73 Å². The molecule has 0 bridgehead atoms. The Labute approximate surface area is 136 Å². The summed E-state index contributed by atoms with van der Waals surface area (Å²) in [6.45, 7) is 8.48. The van der Waals surface area contributed by atoms with E-state index in [0.717, 1.165) is 29.1 Å². The predicted octanol–water partition coefficient (Wildman–Crippen LogP) is 4.33. The molecule has 2 N–H and O–H groups in total. The highest BCUT2D eigenvalue weighted by molar-refractivity contribution is 7.13. The Hall–Kier alpha value is -1.62. The van der Waals surface area contributed by atoms with Crippen LogP contribution in [0.15, 0.2) is 11.6 Å². The van der Waals surface area contributed by atoms with Crippen molar-refractivity contribution in [3.8, 4) is 10.6 Å². The van der Waals surface area contributed by atoms with Crippen LogP contribution in [0, 0.1) is 6.92 Å². The number of hydrogen-bond donors (Lipinski definition) is 1. The van der Waals surface area contributed by atoms with Gasteiger partial charge in [-0.05, 0) is 33.6 Å². The SMILES string of the molecule is CCCCCc1c(-c2nccs2)c(C(N)=O)c(C)n1C(C)C. The van der Waals surface area contributed by atoms with Gasteiger partial charge in [0.05, 0.1) is 5.56 Å². The average molecular weight is 319 g/mol. The summed E-state index contributed by atoms with van der Waals surface area (Å²) in [5.41, 5.74) is 9.42. The smallest absolute Gasteiger partial charge is 0.251 e. The van der Waals surface area contributed by atoms with E-state index in [-0.39, 0.29) is 5.91 Å². The molecule has 120 valence electrons. The number of unbranched alkanes of at least 4 members (excludes halogenated alkanes) is 2. The standard InChI is InChI=1S/C17H25N3OS/c1-5-6-7-8-13-15(17-19-9-10-22-17)14(16(18)21)12(4)20(13)11(2)3/h9-11H,5-8H2,1-4H3,(H2,18,21). The van der Waals surface area contributed by atoms with Gasteiger partial charge in [-0.3, -0.25) is 4.79 Å². The second-order valence-electron chi connectivity index (χ2n) is 5.90. The van der Waals surface area contributed by atoms with Crippen LogP contribution in [0.2, 0.25) is 0 Å². The molecule has 2 rings (SSSR count). The summed E-state index contributed by atoms with van der Waals surface area (Å²) < 4.78 is 2.26. The largest absolute Gasteiger partial charge is 0.366 e. The molecule has 0 unspecified atom stereocenters. The number of amides is 1. The third-order valence-corrected chi connectivity index (χ3v) is 4.77. The molecule has 0 aliphatic carbocycles. The number of primary amides is 1. The summed E-state index contributed by atoms with van der Waals surface area (Å²) in [6, 6.07) is 0.295. The maximum absolute atomic E-state index is 12.0. The number of carbonyl (C=O) groups is 1. The molecule has 0 atom stereocenters. The van der Waals surface area contributed by atoms with Crippen molar-refractivity contribution in [3.05, 3.63) is 28.5 Å². The van der Waals surface area contributed by atoms with Gasteiger partial charge in [0.15, 0.2) is 0 Å². The fourth-order valence-electron chi connectivity index (χ4n) is 3.13. The molecular weight excluding hydrogens is 294 g/mol. The normalized spacial score (nSPS) is 11.3. The molecule has 5 heteroatoms. The molecule has 0 spiro atoms. The van der Waals surface area contributed by atoms with Crippen LogP contribution in [-0.2, 0) is 6.42 Å². The molecule has 0 aliphatic heterocycles. The van der Waals surface area contributed by atoms with Gasteiger partial charge in [-0.25, -0.2) is 4.98 Å². The number of nitrogens with zero attached hydrogens (tertiary/aromatic N) is 2. The van der Waals surface area contributed by atoms with Gasteiger partial charge in [-0.1, -0.05) is 19.8 Å². The van der Waals surface area contributed by atoms with E-state index in [2.05, 4.69) is 30.3 Å². The summed E-state index contributed by atoms with van der Waals surface area (Å²) >= 11 is 1.56.